The van der Waals surface area contributed by atoms with Gasteiger partial charge < -0.3 is 14.2 Å². The lowest BCUT2D eigenvalue weighted by Gasteiger charge is -2.18. The third-order valence-electron chi connectivity index (χ3n) is 10.0. The molecule has 0 heterocycles. The summed E-state index contributed by atoms with van der Waals surface area (Å²) in [6, 6.07) is 0. The summed E-state index contributed by atoms with van der Waals surface area (Å²) < 4.78 is 17.3. The molecule has 0 aliphatic rings. The SMILES string of the molecule is CC/C=C\C/C=C\C/C=C\CCCCCCOCC(COC(=O)CCCCCCC/C=C\C/C=C\CCC)OC(=O)CCCCCCCCCCCCCCC. The average molecular weight is 783 g/mol. The summed E-state index contributed by atoms with van der Waals surface area (Å²) in [4.78, 5) is 25.3. The minimum absolute atomic E-state index is 0.0696. The summed E-state index contributed by atoms with van der Waals surface area (Å²) in [6.07, 6.45) is 57.9. The Bertz CT molecular complexity index is 977. The number of rotatable bonds is 43. The molecule has 5 heteroatoms. The van der Waals surface area contributed by atoms with E-state index in [1.165, 1.54) is 109 Å². The minimum Gasteiger partial charge on any atom is -0.462 e. The standard InChI is InChI=1S/C51H90O5/c1-4-7-10-13-16-19-22-25-28-31-34-37-40-43-46-54-47-49(56-51(53)45-42-39-36-33-30-27-24-21-18-15-12-9-6-3)48-55-50(52)44-41-38-35-32-29-26-23-20-17-14-11-8-5-2/h7,10-11,14,16,19-20,23,25,28,49H,4-6,8-9,12-13,15,17-18,21-22,24,26-27,29-48H2,1-3H3/b10-7-,14-11-,19-16-,23-20-,28-25-. The van der Waals surface area contributed by atoms with Crippen molar-refractivity contribution in [1.29, 1.82) is 0 Å². The van der Waals surface area contributed by atoms with Crippen LogP contribution in [0.4, 0.5) is 0 Å². The fourth-order valence-electron chi connectivity index (χ4n) is 6.50. The molecule has 0 fully saturated rings. The molecule has 0 amide bonds. The van der Waals surface area contributed by atoms with Gasteiger partial charge >= 0.3 is 11.9 Å². The van der Waals surface area contributed by atoms with Gasteiger partial charge in [0.2, 0.25) is 0 Å². The quantitative estimate of drug-likeness (QED) is 0.0350. The minimum atomic E-state index is -0.550. The Morgan fingerprint density at radius 3 is 1.36 bits per heavy atom. The molecule has 0 bridgehead atoms. The van der Waals surface area contributed by atoms with Gasteiger partial charge in [0.15, 0.2) is 6.10 Å². The lowest BCUT2D eigenvalue weighted by atomic mass is 10.0. The highest BCUT2D eigenvalue weighted by molar-refractivity contribution is 5.70. The first kappa shape index (κ1) is 53.6. The second-order valence-electron chi connectivity index (χ2n) is 15.6. The molecular formula is C51H90O5. The number of unbranched alkanes of at least 4 members (excludes halogenated alkanes) is 22. The van der Waals surface area contributed by atoms with Crippen molar-refractivity contribution in [3.8, 4) is 0 Å². The van der Waals surface area contributed by atoms with E-state index < -0.39 is 6.10 Å². The van der Waals surface area contributed by atoms with Gasteiger partial charge in [-0.15, -0.1) is 0 Å². The predicted molar refractivity (Wildman–Crippen MR) is 242 cm³/mol. The van der Waals surface area contributed by atoms with E-state index in [4.69, 9.17) is 14.2 Å². The highest BCUT2D eigenvalue weighted by Crippen LogP contribution is 2.14. The Kier molecular flexibility index (Phi) is 45.0. The molecule has 1 unspecified atom stereocenters. The van der Waals surface area contributed by atoms with Gasteiger partial charge in [-0.1, -0.05) is 197 Å². The van der Waals surface area contributed by atoms with Crippen LogP contribution in [-0.4, -0.2) is 37.9 Å². The maximum atomic E-state index is 12.7. The van der Waals surface area contributed by atoms with E-state index in [9.17, 15) is 9.59 Å². The summed E-state index contributed by atoms with van der Waals surface area (Å²) in [5.74, 6) is -0.423. The van der Waals surface area contributed by atoms with Gasteiger partial charge in [-0.05, 0) is 77.0 Å². The van der Waals surface area contributed by atoms with Crippen molar-refractivity contribution in [2.24, 2.45) is 0 Å². The molecule has 0 N–H and O–H groups in total. The van der Waals surface area contributed by atoms with E-state index in [1.54, 1.807) is 0 Å². The van der Waals surface area contributed by atoms with Gasteiger partial charge in [-0.25, -0.2) is 0 Å². The van der Waals surface area contributed by atoms with Gasteiger partial charge in [0.25, 0.3) is 0 Å². The van der Waals surface area contributed by atoms with Crippen molar-refractivity contribution < 1.29 is 23.8 Å². The summed E-state index contributed by atoms with van der Waals surface area (Å²) in [6.45, 7) is 7.60. The van der Waals surface area contributed by atoms with Gasteiger partial charge in [0.1, 0.15) is 6.61 Å². The second-order valence-corrected chi connectivity index (χ2v) is 15.6. The highest BCUT2D eigenvalue weighted by Gasteiger charge is 2.17. The third-order valence-corrected chi connectivity index (χ3v) is 10.0. The molecule has 0 spiro atoms. The van der Waals surface area contributed by atoms with E-state index in [0.717, 1.165) is 83.5 Å². The smallest absolute Gasteiger partial charge is 0.306 e. The van der Waals surface area contributed by atoms with Crippen LogP contribution in [0.25, 0.3) is 0 Å². The lowest BCUT2D eigenvalue weighted by Crippen LogP contribution is -2.30. The number of ether oxygens (including phenoxy) is 3. The Morgan fingerprint density at radius 1 is 0.411 bits per heavy atom. The van der Waals surface area contributed by atoms with Crippen molar-refractivity contribution in [3.05, 3.63) is 60.8 Å². The molecule has 324 valence electrons. The van der Waals surface area contributed by atoms with Crippen molar-refractivity contribution in [2.75, 3.05) is 19.8 Å². The predicted octanol–water partition coefficient (Wildman–Crippen LogP) is 15.8. The first-order valence-electron chi connectivity index (χ1n) is 23.8. The Balaban J connectivity index is 4.31. The molecule has 0 rings (SSSR count). The molecule has 0 aliphatic heterocycles. The molecular weight excluding hydrogens is 693 g/mol. The van der Waals surface area contributed by atoms with Crippen LogP contribution in [0.2, 0.25) is 0 Å². The molecule has 0 saturated carbocycles. The summed E-state index contributed by atoms with van der Waals surface area (Å²) in [5.41, 5.74) is 0. The number of esters is 2. The van der Waals surface area contributed by atoms with Crippen molar-refractivity contribution in [2.45, 2.75) is 232 Å². The van der Waals surface area contributed by atoms with Gasteiger partial charge in [0, 0.05) is 19.4 Å². The molecule has 56 heavy (non-hydrogen) atoms. The zero-order valence-electron chi connectivity index (χ0n) is 37.1. The van der Waals surface area contributed by atoms with Gasteiger partial charge in [0.05, 0.1) is 6.61 Å². The topological polar surface area (TPSA) is 61.8 Å². The monoisotopic (exact) mass is 783 g/mol. The van der Waals surface area contributed by atoms with Crippen LogP contribution in [0.15, 0.2) is 60.8 Å². The highest BCUT2D eigenvalue weighted by atomic mass is 16.6. The van der Waals surface area contributed by atoms with Crippen LogP contribution in [0, 0.1) is 0 Å². The van der Waals surface area contributed by atoms with Crippen molar-refractivity contribution in [1.82, 2.24) is 0 Å². The molecule has 5 nitrogen and oxygen atoms in total. The zero-order valence-corrected chi connectivity index (χ0v) is 37.1. The van der Waals surface area contributed by atoms with E-state index in [0.29, 0.717) is 19.4 Å². The van der Waals surface area contributed by atoms with Crippen LogP contribution >= 0.6 is 0 Å². The molecule has 0 aromatic heterocycles. The van der Waals surface area contributed by atoms with Crippen molar-refractivity contribution in [3.63, 3.8) is 0 Å². The summed E-state index contributed by atoms with van der Waals surface area (Å²) >= 11 is 0. The van der Waals surface area contributed by atoms with E-state index >= 15 is 0 Å². The number of hydrogen-bond donors (Lipinski definition) is 0. The first-order valence-corrected chi connectivity index (χ1v) is 23.8. The largest absolute Gasteiger partial charge is 0.462 e. The molecule has 0 aromatic carbocycles. The number of hydrogen-bond acceptors (Lipinski definition) is 5. The van der Waals surface area contributed by atoms with Crippen LogP contribution in [0.1, 0.15) is 226 Å². The fraction of sp³-hybridized carbons (Fsp3) is 0.765. The summed E-state index contributed by atoms with van der Waals surface area (Å²) in [7, 11) is 0. The van der Waals surface area contributed by atoms with E-state index in [2.05, 4.69) is 81.5 Å². The number of carbonyl (C=O) groups excluding carboxylic acids is 2. The van der Waals surface area contributed by atoms with Crippen LogP contribution in [0.5, 0.6) is 0 Å². The molecule has 0 radical (unpaired) electrons. The fourth-order valence-corrected chi connectivity index (χ4v) is 6.50. The maximum absolute atomic E-state index is 12.7. The zero-order chi connectivity index (χ0) is 40.7. The lowest BCUT2D eigenvalue weighted by molar-refractivity contribution is -0.163. The van der Waals surface area contributed by atoms with E-state index in [-0.39, 0.29) is 25.2 Å². The molecule has 0 aliphatic carbocycles. The van der Waals surface area contributed by atoms with Crippen LogP contribution in [-0.2, 0) is 23.8 Å². The van der Waals surface area contributed by atoms with Crippen LogP contribution < -0.4 is 0 Å². The Hall–Kier alpha value is -2.40. The average Bonchev–Trinajstić information content (AvgIpc) is 3.20. The Labute approximate surface area is 347 Å². The van der Waals surface area contributed by atoms with Gasteiger partial charge in [-0.2, -0.15) is 0 Å². The summed E-state index contributed by atoms with van der Waals surface area (Å²) in [5, 5.41) is 0. The molecule has 0 aromatic rings. The molecule has 1 atom stereocenters. The second kappa shape index (κ2) is 47.0. The normalized spacial score (nSPS) is 12.7. The molecule has 0 saturated heterocycles. The number of allylic oxidation sites excluding steroid dienone is 10. The van der Waals surface area contributed by atoms with E-state index in [1.807, 2.05) is 0 Å². The van der Waals surface area contributed by atoms with Crippen LogP contribution in [0.3, 0.4) is 0 Å². The third kappa shape index (κ3) is 44.3. The number of carbonyl (C=O) groups is 2. The van der Waals surface area contributed by atoms with Crippen molar-refractivity contribution >= 4 is 11.9 Å². The maximum Gasteiger partial charge on any atom is 0.306 e. The van der Waals surface area contributed by atoms with Gasteiger partial charge in [-0.3, -0.25) is 9.59 Å². The Morgan fingerprint density at radius 2 is 0.839 bits per heavy atom. The first-order chi connectivity index (χ1) is 27.6.